The fraction of sp³-hybridized carbons (Fsp3) is 0.351. The maximum atomic E-state index is 12.3. The molecule has 0 radical (unpaired) electrons. The summed E-state index contributed by atoms with van der Waals surface area (Å²) in [6, 6.07) is 21.2. The van der Waals surface area contributed by atoms with Gasteiger partial charge in [0.15, 0.2) is 0 Å². The molecule has 0 amide bonds. The fourth-order valence-electron chi connectivity index (χ4n) is 5.27. The van der Waals surface area contributed by atoms with Crippen LogP contribution in [-0.4, -0.2) is 20.5 Å². The van der Waals surface area contributed by atoms with E-state index in [1.54, 1.807) is 0 Å². The molecule has 0 aliphatic carbocycles. The van der Waals surface area contributed by atoms with E-state index in [9.17, 15) is 4.79 Å². The molecule has 4 rings (SSSR count). The summed E-state index contributed by atoms with van der Waals surface area (Å²) in [5, 5.41) is 0.0666. The minimum absolute atomic E-state index is 0.0666. The monoisotopic (exact) mass is 760 g/mol. The Kier molecular flexibility index (Phi) is 10.8. The zero-order valence-electron chi connectivity index (χ0n) is 26.3. The number of rotatable bonds is 7. The van der Waals surface area contributed by atoms with E-state index < -0.39 is 19.3 Å². The molecule has 42 heavy (non-hydrogen) atoms. The van der Waals surface area contributed by atoms with Crippen molar-refractivity contribution in [3.05, 3.63) is 110 Å². The van der Waals surface area contributed by atoms with Crippen molar-refractivity contribution in [1.82, 2.24) is 9.13 Å². The van der Waals surface area contributed by atoms with E-state index in [2.05, 4.69) is 123 Å². The Morgan fingerprint density at radius 1 is 0.690 bits per heavy atom. The molecule has 0 saturated heterocycles. The average Bonchev–Trinajstić information content (AvgIpc) is 3.38. The first kappa shape index (κ1) is 32.1. The van der Waals surface area contributed by atoms with E-state index in [0.29, 0.717) is 29.2 Å². The first-order valence-electron chi connectivity index (χ1n) is 14.7. The number of benzene rings is 3. The van der Waals surface area contributed by atoms with Crippen molar-refractivity contribution >= 4 is 16.9 Å². The maximum absolute atomic E-state index is 12.3. The summed E-state index contributed by atoms with van der Waals surface area (Å²) in [6.45, 7) is 18.2. The first-order valence-corrected chi connectivity index (χ1v) is 18.1. The van der Waals surface area contributed by atoms with Crippen LogP contribution in [0.25, 0.3) is 11.4 Å². The van der Waals surface area contributed by atoms with Crippen LogP contribution >= 0.6 is 11.8 Å². The molecule has 0 unspecified atom stereocenters. The third kappa shape index (κ3) is 6.87. The van der Waals surface area contributed by atoms with Gasteiger partial charge in [-0.3, -0.25) is 0 Å². The number of imidazole rings is 1. The van der Waals surface area contributed by atoms with Crippen LogP contribution in [0.15, 0.2) is 73.1 Å². The molecular weight excluding hydrogens is 717 g/mol. The van der Waals surface area contributed by atoms with Gasteiger partial charge in [0.1, 0.15) is 0 Å². The normalized spacial score (nSPS) is 11.5. The van der Waals surface area contributed by atoms with Crippen LogP contribution in [0.5, 0.6) is 0 Å². The van der Waals surface area contributed by atoms with Crippen molar-refractivity contribution in [3.8, 4) is 21.4 Å². The van der Waals surface area contributed by atoms with E-state index in [-0.39, 0.29) is 5.12 Å². The summed E-state index contributed by atoms with van der Waals surface area (Å²) in [7, 11) is 0. The van der Waals surface area contributed by atoms with Crippen molar-refractivity contribution < 1.29 is 24.1 Å². The van der Waals surface area contributed by atoms with Crippen molar-refractivity contribution in [2.75, 3.05) is 6.26 Å². The zero-order chi connectivity index (χ0) is 30.6. The van der Waals surface area contributed by atoms with Crippen LogP contribution in [0, 0.1) is 13.7 Å². The van der Waals surface area contributed by atoms with Crippen molar-refractivity contribution in [3.63, 3.8) is 0 Å². The predicted molar refractivity (Wildman–Crippen MR) is 176 cm³/mol. The standard InChI is InChI=1S/C27H36N2.C10H7OS.Au/c1-18(2)22-11-9-12-23(19(3)4)26(22)28-15-16-29(17-28)27-24(20(5)6)13-10-14-25(27)21(7)8;1-3-8-5-4-6-9(7-8)10(11)12-2;/h9-16,18-21H,1-8H3;4-7H,2H3;. The van der Waals surface area contributed by atoms with Gasteiger partial charge in [-0.1, -0.05) is 0 Å². The van der Waals surface area contributed by atoms with Crippen molar-refractivity contribution in [2.24, 2.45) is 0 Å². The van der Waals surface area contributed by atoms with Crippen LogP contribution in [0.1, 0.15) is 117 Å². The molecule has 0 N–H and O–H groups in total. The third-order valence-electron chi connectivity index (χ3n) is 7.46. The molecular formula is C37H43AuN2OS. The van der Waals surface area contributed by atoms with E-state index in [4.69, 9.17) is 0 Å². The SMILES string of the molecule is CSC(=O)c1cccc(C#[C][Au]=[c]2n(-c3c(C(C)C)cccc3C(C)C)ccn2-c2c(C(C)C)cccc2C(C)C)c1. The van der Waals surface area contributed by atoms with Crippen LogP contribution in [0.2, 0.25) is 0 Å². The Balaban J connectivity index is 2.08. The van der Waals surface area contributed by atoms with E-state index in [1.807, 2.05) is 30.5 Å². The summed E-state index contributed by atoms with van der Waals surface area (Å²) in [6.07, 6.45) is 6.32. The summed E-state index contributed by atoms with van der Waals surface area (Å²) in [5.74, 6) is 4.96. The van der Waals surface area contributed by atoms with Crippen molar-refractivity contribution in [1.29, 1.82) is 0 Å². The molecule has 0 atom stereocenters. The first-order chi connectivity index (χ1) is 20.0. The van der Waals surface area contributed by atoms with Crippen LogP contribution in [-0.2, 0) is 19.3 Å². The molecule has 5 heteroatoms. The molecule has 0 saturated carbocycles. The number of nitrogens with zero attached hydrogens (tertiary/aromatic N) is 2. The van der Waals surface area contributed by atoms with Gasteiger partial charge in [0.05, 0.1) is 0 Å². The number of aromatic nitrogens is 2. The van der Waals surface area contributed by atoms with Gasteiger partial charge >= 0.3 is 267 Å². The molecule has 1 heterocycles. The number of carbonyl (C=O) groups excluding carboxylic acids is 1. The summed E-state index contributed by atoms with van der Waals surface area (Å²) < 4.78 is 9.67. The van der Waals surface area contributed by atoms with Gasteiger partial charge in [-0.25, -0.2) is 0 Å². The molecule has 3 aromatic carbocycles. The van der Waals surface area contributed by atoms with Crippen molar-refractivity contribution in [2.45, 2.75) is 79.1 Å². The second-order valence-corrected chi connectivity index (χ2v) is 14.6. The molecule has 0 aliphatic rings. The molecule has 0 aliphatic heterocycles. The third-order valence-corrected chi connectivity index (χ3v) is 10.1. The number of hydrogen-bond donors (Lipinski definition) is 0. The number of para-hydroxylation sites is 2. The predicted octanol–water partition coefficient (Wildman–Crippen LogP) is 9.89. The second-order valence-electron chi connectivity index (χ2n) is 11.8. The molecule has 1 aromatic heterocycles. The quantitative estimate of drug-likeness (QED) is 0.139. The molecule has 0 fully saturated rings. The Hall–Kier alpha value is -2.81. The number of carbonyl (C=O) groups is 1. The van der Waals surface area contributed by atoms with Crippen LogP contribution < -0.4 is 0 Å². The molecule has 3 nitrogen and oxygen atoms in total. The Morgan fingerprint density at radius 2 is 1.12 bits per heavy atom. The van der Waals surface area contributed by atoms with Gasteiger partial charge in [0, 0.05) is 0 Å². The average molecular weight is 761 g/mol. The Bertz CT molecular complexity index is 1570. The fourth-order valence-corrected chi connectivity index (χ4v) is 7.65. The summed E-state index contributed by atoms with van der Waals surface area (Å²) >= 11 is 0.643. The van der Waals surface area contributed by atoms with E-state index in [1.165, 1.54) is 49.0 Å². The van der Waals surface area contributed by atoms with Crippen LogP contribution in [0.3, 0.4) is 0 Å². The van der Waals surface area contributed by atoms with Crippen LogP contribution in [0.4, 0.5) is 0 Å². The number of hydrogen-bond acceptors (Lipinski definition) is 2. The zero-order valence-corrected chi connectivity index (χ0v) is 29.2. The van der Waals surface area contributed by atoms with Gasteiger partial charge in [0.25, 0.3) is 0 Å². The van der Waals surface area contributed by atoms with Gasteiger partial charge in [-0.2, -0.15) is 0 Å². The molecule has 4 aromatic rings. The molecule has 224 valence electrons. The topological polar surface area (TPSA) is 26.9 Å². The second kappa shape index (κ2) is 14.1. The van der Waals surface area contributed by atoms with E-state index in [0.717, 1.165) is 5.56 Å². The van der Waals surface area contributed by atoms with Gasteiger partial charge in [-0.15, -0.1) is 0 Å². The molecule has 0 spiro atoms. The minimum atomic E-state index is -0.591. The van der Waals surface area contributed by atoms with E-state index >= 15 is 0 Å². The Morgan fingerprint density at radius 3 is 1.52 bits per heavy atom. The summed E-state index contributed by atoms with van der Waals surface area (Å²) in [5.41, 5.74) is 9.56. The molecule has 0 bridgehead atoms. The summed E-state index contributed by atoms with van der Waals surface area (Å²) in [4.78, 5) is 12.3. The Labute approximate surface area is 265 Å². The van der Waals surface area contributed by atoms with Gasteiger partial charge in [-0.05, 0) is 0 Å². The number of thioether (sulfide) groups is 1. The van der Waals surface area contributed by atoms with Gasteiger partial charge in [0.2, 0.25) is 0 Å². The van der Waals surface area contributed by atoms with Gasteiger partial charge < -0.3 is 0 Å².